The third-order valence-corrected chi connectivity index (χ3v) is 5.91. The van der Waals surface area contributed by atoms with Crippen molar-refractivity contribution in [2.75, 3.05) is 13.1 Å². The monoisotopic (exact) mass is 310 g/mol. The van der Waals surface area contributed by atoms with E-state index in [-0.39, 0.29) is 0 Å². The Bertz CT molecular complexity index is 684. The van der Waals surface area contributed by atoms with E-state index in [1.807, 2.05) is 12.1 Å². The minimum atomic E-state index is 0.581. The van der Waals surface area contributed by atoms with Gasteiger partial charge in [-0.25, -0.2) is 9.83 Å². The number of aromatic nitrogens is 2. The van der Waals surface area contributed by atoms with E-state index in [0.717, 1.165) is 36.1 Å². The number of hydrogen-bond acceptors (Lipinski definition) is 4. The van der Waals surface area contributed by atoms with Gasteiger partial charge in [-0.15, -0.1) is 11.3 Å². The zero-order valence-electron chi connectivity index (χ0n) is 12.5. The summed E-state index contributed by atoms with van der Waals surface area (Å²) in [7, 11) is 0. The van der Waals surface area contributed by atoms with Crippen LogP contribution in [-0.2, 0) is 12.8 Å². The number of nitrogens with zero attached hydrogens (tertiary/aromatic N) is 4. The van der Waals surface area contributed by atoms with Gasteiger partial charge in [0.2, 0.25) is 5.69 Å². The average molecular weight is 310 g/mol. The molecule has 2 aliphatic rings. The molecule has 0 spiro atoms. The molecule has 2 aromatic heterocycles. The molecule has 0 bridgehead atoms. The number of thiazole rings is 1. The second-order valence-corrected chi connectivity index (χ2v) is 7.11. The van der Waals surface area contributed by atoms with Crippen molar-refractivity contribution in [3.63, 3.8) is 0 Å². The van der Waals surface area contributed by atoms with Gasteiger partial charge in [0.25, 0.3) is 0 Å². The van der Waals surface area contributed by atoms with Gasteiger partial charge in [0.1, 0.15) is 5.01 Å². The van der Waals surface area contributed by atoms with Crippen LogP contribution in [0.2, 0.25) is 0 Å². The van der Waals surface area contributed by atoms with E-state index in [2.05, 4.69) is 14.7 Å². The van der Waals surface area contributed by atoms with Crippen LogP contribution in [0.25, 0.3) is 15.5 Å². The Hall–Kier alpha value is -1.77. The molecule has 112 valence electrons. The average Bonchev–Trinajstić information content (AvgIpc) is 2.82. The molecule has 0 saturated heterocycles. The zero-order chi connectivity index (χ0) is 14.9. The number of fused-ring (bicyclic) bond motifs is 1. The second kappa shape index (κ2) is 5.79. The first-order valence-electron chi connectivity index (χ1n) is 7.90. The van der Waals surface area contributed by atoms with Gasteiger partial charge in [-0.05, 0) is 25.3 Å². The van der Waals surface area contributed by atoms with Gasteiger partial charge in [0, 0.05) is 36.6 Å². The summed E-state index contributed by atoms with van der Waals surface area (Å²) in [5.74, 6) is 0. The molecule has 1 fully saturated rings. The van der Waals surface area contributed by atoms with Crippen LogP contribution in [0.4, 0.5) is 5.69 Å². The quantitative estimate of drug-likeness (QED) is 0.793. The van der Waals surface area contributed by atoms with E-state index in [9.17, 15) is 0 Å². The maximum atomic E-state index is 6.99. The molecular weight excluding hydrogens is 292 g/mol. The molecular formula is C17H18N4S. The first-order valence-corrected chi connectivity index (χ1v) is 8.71. The predicted octanol–water partition coefficient (Wildman–Crippen LogP) is 3.71. The third-order valence-electron chi connectivity index (χ3n) is 4.73. The van der Waals surface area contributed by atoms with Crippen molar-refractivity contribution in [2.24, 2.45) is 0 Å². The maximum absolute atomic E-state index is 6.99. The van der Waals surface area contributed by atoms with Gasteiger partial charge in [-0.1, -0.05) is 12.5 Å². The van der Waals surface area contributed by atoms with Gasteiger partial charge in [0.15, 0.2) is 0 Å². The fraction of sp³-hybridized carbons (Fsp3) is 0.471. The Kier molecular flexibility index (Phi) is 3.65. The van der Waals surface area contributed by atoms with E-state index in [0.29, 0.717) is 5.69 Å². The van der Waals surface area contributed by atoms with E-state index in [1.165, 1.54) is 36.4 Å². The largest absolute Gasteiger partial charge is 0.300 e. The van der Waals surface area contributed by atoms with Crippen LogP contribution in [0.5, 0.6) is 0 Å². The van der Waals surface area contributed by atoms with E-state index in [1.54, 1.807) is 17.5 Å². The second-order valence-electron chi connectivity index (χ2n) is 6.02. The smallest absolute Gasteiger partial charge is 0.205 e. The molecule has 4 nitrogen and oxygen atoms in total. The molecule has 4 rings (SSSR count). The standard InChI is InChI=1S/C17H18N4S/c1-18-12-5-6-15(19-11-12)17-20-14-7-9-21(13-3-2-4-13)10-8-16(14)22-17/h5-6,11,13H,2-4,7-10H2. The Labute approximate surface area is 134 Å². The fourth-order valence-corrected chi connectivity index (χ4v) is 4.26. The molecule has 22 heavy (non-hydrogen) atoms. The lowest BCUT2D eigenvalue weighted by Crippen LogP contribution is -2.41. The Balaban J connectivity index is 1.53. The molecule has 1 saturated carbocycles. The highest BCUT2D eigenvalue weighted by Crippen LogP contribution is 2.32. The molecule has 0 N–H and O–H groups in total. The number of pyridine rings is 1. The number of rotatable bonds is 2. The summed E-state index contributed by atoms with van der Waals surface area (Å²) in [6, 6.07) is 4.56. The molecule has 0 radical (unpaired) electrons. The highest BCUT2D eigenvalue weighted by atomic mass is 32.1. The van der Waals surface area contributed by atoms with Crippen molar-refractivity contribution in [1.82, 2.24) is 14.9 Å². The first kappa shape index (κ1) is 13.9. The molecule has 1 aliphatic carbocycles. The van der Waals surface area contributed by atoms with Crippen molar-refractivity contribution in [1.29, 1.82) is 0 Å². The van der Waals surface area contributed by atoms with Gasteiger partial charge in [0.05, 0.1) is 18.0 Å². The lowest BCUT2D eigenvalue weighted by molar-refractivity contribution is 0.133. The van der Waals surface area contributed by atoms with Crippen LogP contribution in [0, 0.1) is 6.57 Å². The third kappa shape index (κ3) is 2.53. The summed E-state index contributed by atoms with van der Waals surface area (Å²) >= 11 is 1.78. The molecule has 5 heteroatoms. The summed E-state index contributed by atoms with van der Waals surface area (Å²) in [5.41, 5.74) is 2.73. The molecule has 1 aliphatic heterocycles. The molecule has 0 unspecified atom stereocenters. The summed E-state index contributed by atoms with van der Waals surface area (Å²) in [5, 5.41) is 0.999. The van der Waals surface area contributed by atoms with Gasteiger partial charge < -0.3 is 0 Å². The maximum Gasteiger partial charge on any atom is 0.205 e. The summed E-state index contributed by atoms with van der Waals surface area (Å²) < 4.78 is 0. The molecule has 2 aromatic rings. The summed E-state index contributed by atoms with van der Waals surface area (Å²) in [4.78, 5) is 16.7. The normalized spacial score (nSPS) is 19.0. The van der Waals surface area contributed by atoms with E-state index in [4.69, 9.17) is 11.6 Å². The molecule has 0 aromatic carbocycles. The van der Waals surface area contributed by atoms with Crippen LogP contribution in [0.15, 0.2) is 18.3 Å². The number of hydrogen-bond donors (Lipinski definition) is 0. The van der Waals surface area contributed by atoms with Crippen molar-refractivity contribution in [3.8, 4) is 10.7 Å². The fourth-order valence-electron chi connectivity index (χ4n) is 3.19. The van der Waals surface area contributed by atoms with Crippen molar-refractivity contribution >= 4 is 17.0 Å². The molecule has 3 heterocycles. The Morgan fingerprint density at radius 1 is 1.23 bits per heavy atom. The highest BCUT2D eigenvalue weighted by Gasteiger charge is 2.27. The van der Waals surface area contributed by atoms with Crippen LogP contribution in [0.3, 0.4) is 0 Å². The van der Waals surface area contributed by atoms with Crippen LogP contribution >= 0.6 is 11.3 Å². The van der Waals surface area contributed by atoms with Crippen LogP contribution in [-0.4, -0.2) is 34.0 Å². The highest BCUT2D eigenvalue weighted by molar-refractivity contribution is 7.15. The molecule has 0 amide bonds. The van der Waals surface area contributed by atoms with Crippen molar-refractivity contribution < 1.29 is 0 Å². The topological polar surface area (TPSA) is 33.4 Å². The zero-order valence-corrected chi connectivity index (χ0v) is 13.3. The van der Waals surface area contributed by atoms with Crippen LogP contribution in [0.1, 0.15) is 29.8 Å². The lowest BCUT2D eigenvalue weighted by Gasteiger charge is -2.36. The predicted molar refractivity (Wildman–Crippen MR) is 88.2 cm³/mol. The minimum Gasteiger partial charge on any atom is -0.300 e. The summed E-state index contributed by atoms with van der Waals surface area (Å²) in [6.07, 6.45) is 7.96. The summed E-state index contributed by atoms with van der Waals surface area (Å²) in [6.45, 7) is 9.30. The lowest BCUT2D eigenvalue weighted by atomic mass is 9.91. The van der Waals surface area contributed by atoms with E-state index < -0.39 is 0 Å². The van der Waals surface area contributed by atoms with Crippen molar-refractivity contribution in [2.45, 2.75) is 38.1 Å². The van der Waals surface area contributed by atoms with Crippen LogP contribution < -0.4 is 0 Å². The Morgan fingerprint density at radius 3 is 2.77 bits per heavy atom. The minimum absolute atomic E-state index is 0.581. The van der Waals surface area contributed by atoms with E-state index >= 15 is 0 Å². The SMILES string of the molecule is [C-]#[N+]c1ccc(-c2nc3c(s2)CCN(C2CCC2)CC3)nc1. The van der Waals surface area contributed by atoms with Gasteiger partial charge in [-0.2, -0.15) is 0 Å². The molecule has 0 atom stereocenters. The Morgan fingerprint density at radius 2 is 2.09 bits per heavy atom. The van der Waals surface area contributed by atoms with Gasteiger partial charge in [-0.3, -0.25) is 9.88 Å². The first-order chi connectivity index (χ1) is 10.8. The van der Waals surface area contributed by atoms with Crippen molar-refractivity contribution in [3.05, 3.63) is 40.3 Å². The van der Waals surface area contributed by atoms with Gasteiger partial charge >= 0.3 is 0 Å².